The highest BCUT2D eigenvalue weighted by molar-refractivity contribution is 5.77. The lowest BCUT2D eigenvalue weighted by molar-refractivity contribution is -0.124. The first-order valence-corrected chi connectivity index (χ1v) is 4.77. The van der Waals surface area contributed by atoms with Crippen molar-refractivity contribution in [3.8, 4) is 0 Å². The average Bonchev–Trinajstić information content (AvgIpc) is 2.00. The van der Waals surface area contributed by atoms with Crippen molar-refractivity contribution in [2.75, 3.05) is 13.2 Å². The van der Waals surface area contributed by atoms with Gasteiger partial charge >= 0.3 is 0 Å². The van der Waals surface area contributed by atoms with Gasteiger partial charge in [0.2, 0.25) is 5.91 Å². The van der Waals surface area contributed by atoms with Crippen molar-refractivity contribution in [2.24, 2.45) is 11.3 Å². The number of carbonyl (C=O) groups is 1. The molecule has 0 spiro atoms. The normalized spacial score (nSPS) is 11.8. The summed E-state index contributed by atoms with van der Waals surface area (Å²) in [5, 5.41) is 11.6. The molecule has 0 rings (SSSR count). The Bertz CT molecular complexity index is 164. The molecular formula is C10H21NO2. The van der Waals surface area contributed by atoms with Crippen molar-refractivity contribution in [1.29, 1.82) is 0 Å². The van der Waals surface area contributed by atoms with Crippen LogP contribution in [0.1, 0.15) is 34.1 Å². The van der Waals surface area contributed by atoms with Crippen LogP contribution in [0.2, 0.25) is 0 Å². The van der Waals surface area contributed by atoms with E-state index in [9.17, 15) is 4.79 Å². The number of nitrogens with one attached hydrogen (secondary N) is 1. The number of amides is 1. The summed E-state index contributed by atoms with van der Waals surface area (Å²) in [6.07, 6.45) is 0.714. The lowest BCUT2D eigenvalue weighted by Crippen LogP contribution is -2.36. The number of rotatable bonds is 5. The van der Waals surface area contributed by atoms with Crippen LogP contribution < -0.4 is 5.32 Å². The van der Waals surface area contributed by atoms with Crippen LogP contribution in [0.25, 0.3) is 0 Å². The molecule has 3 nitrogen and oxygen atoms in total. The maximum absolute atomic E-state index is 11.2. The smallest absolute Gasteiger partial charge is 0.222 e. The zero-order valence-corrected chi connectivity index (χ0v) is 9.05. The molecule has 78 valence electrons. The van der Waals surface area contributed by atoms with Crippen molar-refractivity contribution >= 4 is 5.91 Å². The van der Waals surface area contributed by atoms with E-state index in [1.54, 1.807) is 0 Å². The van der Waals surface area contributed by atoms with Gasteiger partial charge < -0.3 is 10.4 Å². The van der Waals surface area contributed by atoms with E-state index in [4.69, 9.17) is 5.11 Å². The monoisotopic (exact) mass is 187 g/mol. The van der Waals surface area contributed by atoms with Gasteiger partial charge in [-0.1, -0.05) is 27.7 Å². The number of hydrogen-bond donors (Lipinski definition) is 2. The van der Waals surface area contributed by atoms with Gasteiger partial charge in [-0.2, -0.15) is 0 Å². The first-order valence-electron chi connectivity index (χ1n) is 4.77. The minimum Gasteiger partial charge on any atom is -0.396 e. The van der Waals surface area contributed by atoms with E-state index in [2.05, 4.69) is 5.32 Å². The molecule has 0 fully saturated rings. The molecule has 1 amide bonds. The van der Waals surface area contributed by atoms with Crippen molar-refractivity contribution < 1.29 is 9.90 Å². The van der Waals surface area contributed by atoms with Crippen LogP contribution >= 0.6 is 0 Å². The molecule has 0 aromatic carbocycles. The molecule has 0 unspecified atom stereocenters. The van der Waals surface area contributed by atoms with E-state index in [-0.39, 0.29) is 23.8 Å². The van der Waals surface area contributed by atoms with Crippen LogP contribution in [0.3, 0.4) is 0 Å². The van der Waals surface area contributed by atoms with Crippen LogP contribution in [0.4, 0.5) is 0 Å². The molecule has 3 heteroatoms. The van der Waals surface area contributed by atoms with Gasteiger partial charge in [-0.15, -0.1) is 0 Å². The predicted molar refractivity (Wildman–Crippen MR) is 53.3 cm³/mol. The maximum Gasteiger partial charge on any atom is 0.222 e. The average molecular weight is 187 g/mol. The summed E-state index contributed by atoms with van der Waals surface area (Å²) >= 11 is 0. The number of aliphatic hydroxyl groups excluding tert-OH is 1. The lowest BCUT2D eigenvalue weighted by Gasteiger charge is -2.24. The minimum absolute atomic E-state index is 0.0146. The van der Waals surface area contributed by atoms with Crippen LogP contribution in [-0.2, 0) is 4.79 Å². The summed E-state index contributed by atoms with van der Waals surface area (Å²) in [6, 6.07) is 0. The fourth-order valence-electron chi connectivity index (χ4n) is 0.922. The highest BCUT2D eigenvalue weighted by atomic mass is 16.3. The Hall–Kier alpha value is -0.570. The van der Waals surface area contributed by atoms with Gasteiger partial charge in [0.1, 0.15) is 0 Å². The van der Waals surface area contributed by atoms with Gasteiger partial charge in [0.15, 0.2) is 0 Å². The van der Waals surface area contributed by atoms with Gasteiger partial charge in [-0.25, -0.2) is 0 Å². The zero-order chi connectivity index (χ0) is 10.5. The zero-order valence-electron chi connectivity index (χ0n) is 9.05. The molecule has 0 saturated carbocycles. The summed E-state index contributed by atoms with van der Waals surface area (Å²) in [4.78, 5) is 11.2. The molecule has 0 aliphatic rings. The molecule has 0 atom stereocenters. The van der Waals surface area contributed by atoms with Crippen LogP contribution in [0.15, 0.2) is 0 Å². The number of hydrogen-bond acceptors (Lipinski definition) is 2. The molecule has 0 aromatic heterocycles. The maximum atomic E-state index is 11.2. The van der Waals surface area contributed by atoms with Crippen molar-refractivity contribution in [1.82, 2.24) is 5.32 Å². The largest absolute Gasteiger partial charge is 0.396 e. The third-order valence-electron chi connectivity index (χ3n) is 2.05. The molecule has 0 aromatic rings. The van der Waals surface area contributed by atoms with E-state index in [0.29, 0.717) is 13.0 Å². The van der Waals surface area contributed by atoms with E-state index in [1.165, 1.54) is 0 Å². The van der Waals surface area contributed by atoms with E-state index >= 15 is 0 Å². The SMILES string of the molecule is CC(C)C(=O)NCC(C)(C)CCO. The Morgan fingerprint density at radius 3 is 2.38 bits per heavy atom. The fourth-order valence-corrected chi connectivity index (χ4v) is 0.922. The van der Waals surface area contributed by atoms with Crippen LogP contribution in [-0.4, -0.2) is 24.2 Å². The summed E-state index contributed by atoms with van der Waals surface area (Å²) in [5.74, 6) is 0.107. The van der Waals surface area contributed by atoms with E-state index in [1.807, 2.05) is 27.7 Å². The van der Waals surface area contributed by atoms with Crippen molar-refractivity contribution in [2.45, 2.75) is 34.1 Å². The molecule has 2 N–H and O–H groups in total. The fraction of sp³-hybridized carbons (Fsp3) is 0.900. The minimum atomic E-state index is -0.0146. The van der Waals surface area contributed by atoms with Gasteiger partial charge in [0, 0.05) is 19.1 Å². The quantitative estimate of drug-likeness (QED) is 0.678. The third-order valence-corrected chi connectivity index (χ3v) is 2.05. The standard InChI is InChI=1S/C10H21NO2/c1-8(2)9(13)11-7-10(3,4)5-6-12/h8,12H,5-7H2,1-4H3,(H,11,13). The van der Waals surface area contributed by atoms with E-state index < -0.39 is 0 Å². The van der Waals surface area contributed by atoms with E-state index in [0.717, 1.165) is 0 Å². The second kappa shape index (κ2) is 5.22. The molecule has 0 aliphatic carbocycles. The molecule has 13 heavy (non-hydrogen) atoms. The predicted octanol–water partition coefficient (Wildman–Crippen LogP) is 1.17. The summed E-state index contributed by atoms with van der Waals surface area (Å²) in [6.45, 7) is 8.60. The first-order chi connectivity index (χ1) is 5.89. The van der Waals surface area contributed by atoms with Crippen molar-refractivity contribution in [3.05, 3.63) is 0 Å². The van der Waals surface area contributed by atoms with Crippen molar-refractivity contribution in [3.63, 3.8) is 0 Å². The van der Waals surface area contributed by atoms with Crippen LogP contribution in [0.5, 0.6) is 0 Å². The molecule has 0 bridgehead atoms. The van der Waals surface area contributed by atoms with Crippen LogP contribution in [0, 0.1) is 11.3 Å². The Morgan fingerprint density at radius 1 is 1.46 bits per heavy atom. The number of aliphatic hydroxyl groups is 1. The molecular weight excluding hydrogens is 166 g/mol. The number of carbonyl (C=O) groups excluding carboxylic acids is 1. The summed E-state index contributed by atoms with van der Waals surface area (Å²) in [5.41, 5.74) is -0.0146. The molecule has 0 heterocycles. The Morgan fingerprint density at radius 2 is 2.00 bits per heavy atom. The highest BCUT2D eigenvalue weighted by Gasteiger charge is 2.18. The molecule has 0 aliphatic heterocycles. The summed E-state index contributed by atoms with van der Waals surface area (Å²) in [7, 11) is 0. The Kier molecular flexibility index (Phi) is 4.99. The molecule has 0 radical (unpaired) electrons. The highest BCUT2D eigenvalue weighted by Crippen LogP contribution is 2.17. The second-order valence-corrected chi connectivity index (χ2v) is 4.51. The van der Waals surface area contributed by atoms with Gasteiger partial charge in [0.05, 0.1) is 0 Å². The first kappa shape index (κ1) is 12.4. The van der Waals surface area contributed by atoms with Gasteiger partial charge in [-0.3, -0.25) is 4.79 Å². The van der Waals surface area contributed by atoms with Gasteiger partial charge in [-0.05, 0) is 11.8 Å². The topological polar surface area (TPSA) is 49.3 Å². The summed E-state index contributed by atoms with van der Waals surface area (Å²) < 4.78 is 0. The third kappa shape index (κ3) is 5.64. The Labute approximate surface area is 80.5 Å². The molecule has 0 saturated heterocycles. The Balaban J connectivity index is 3.80. The lowest BCUT2D eigenvalue weighted by atomic mass is 9.89. The second-order valence-electron chi connectivity index (χ2n) is 4.51. The van der Waals surface area contributed by atoms with Gasteiger partial charge in [0.25, 0.3) is 0 Å².